The normalized spacial score (nSPS) is 21.8. The lowest BCUT2D eigenvalue weighted by molar-refractivity contribution is 0.629. The van der Waals surface area contributed by atoms with Crippen molar-refractivity contribution >= 4 is 0 Å². The maximum absolute atomic E-state index is 6.21. The van der Waals surface area contributed by atoms with E-state index >= 15 is 0 Å². The second-order valence-corrected chi connectivity index (χ2v) is 6.61. The maximum atomic E-state index is 6.21. The van der Waals surface area contributed by atoms with E-state index in [1.54, 1.807) is 0 Å². The Morgan fingerprint density at radius 1 is 1.20 bits per heavy atom. The van der Waals surface area contributed by atoms with Crippen molar-refractivity contribution in [1.29, 1.82) is 0 Å². The molecular formula is C20H33N5. The van der Waals surface area contributed by atoms with Crippen molar-refractivity contribution < 1.29 is 0 Å². The molecule has 1 aliphatic heterocycles. The summed E-state index contributed by atoms with van der Waals surface area (Å²) in [5.41, 5.74) is 26.9. The van der Waals surface area contributed by atoms with Gasteiger partial charge in [-0.3, -0.25) is 0 Å². The first kappa shape index (κ1) is 20.6. The molecule has 0 bridgehead atoms. The minimum Gasteiger partial charge on any atom is -0.402 e. The van der Waals surface area contributed by atoms with Crippen molar-refractivity contribution in [1.82, 2.24) is 5.32 Å². The highest BCUT2D eigenvalue weighted by Crippen LogP contribution is 2.11. The lowest BCUT2D eigenvalue weighted by Gasteiger charge is -2.22. The molecule has 9 N–H and O–H groups in total. The molecule has 0 saturated carbocycles. The molecule has 1 heterocycles. The molecule has 0 radical (unpaired) electrons. The van der Waals surface area contributed by atoms with E-state index in [2.05, 4.69) is 31.3 Å². The van der Waals surface area contributed by atoms with Gasteiger partial charge in [-0.15, -0.1) is 0 Å². The predicted molar refractivity (Wildman–Crippen MR) is 108 cm³/mol. The summed E-state index contributed by atoms with van der Waals surface area (Å²) in [5.74, 6) is 0.356. The Morgan fingerprint density at radius 3 is 2.44 bits per heavy atom. The molecule has 0 aliphatic carbocycles. The van der Waals surface area contributed by atoms with Crippen LogP contribution in [-0.4, -0.2) is 12.1 Å². The predicted octanol–water partition coefficient (Wildman–Crippen LogP) is 2.27. The van der Waals surface area contributed by atoms with Crippen molar-refractivity contribution in [2.45, 2.75) is 45.7 Å². The molecule has 138 valence electrons. The summed E-state index contributed by atoms with van der Waals surface area (Å²) >= 11 is 0. The summed E-state index contributed by atoms with van der Waals surface area (Å²) in [7, 11) is 0. The van der Waals surface area contributed by atoms with Crippen LogP contribution in [-0.2, 0) is 0 Å². The van der Waals surface area contributed by atoms with Crippen LogP contribution in [0.1, 0.15) is 33.6 Å². The van der Waals surface area contributed by atoms with E-state index in [1.165, 1.54) is 0 Å². The molecule has 3 unspecified atom stereocenters. The van der Waals surface area contributed by atoms with Gasteiger partial charge in [-0.05, 0) is 44.8 Å². The summed E-state index contributed by atoms with van der Waals surface area (Å²) < 4.78 is 0. The van der Waals surface area contributed by atoms with Gasteiger partial charge in [-0.2, -0.15) is 0 Å². The van der Waals surface area contributed by atoms with E-state index < -0.39 is 0 Å². The summed E-state index contributed by atoms with van der Waals surface area (Å²) in [4.78, 5) is 0. The Labute approximate surface area is 151 Å². The third-order valence-electron chi connectivity index (χ3n) is 3.90. The number of rotatable bonds is 8. The van der Waals surface area contributed by atoms with Gasteiger partial charge in [0.05, 0.1) is 11.4 Å². The summed E-state index contributed by atoms with van der Waals surface area (Å²) in [6.45, 7) is 6.06. The lowest BCUT2D eigenvalue weighted by atomic mass is 10.0. The molecule has 0 fully saturated rings. The average Bonchev–Trinajstić information content (AvgIpc) is 2.56. The summed E-state index contributed by atoms with van der Waals surface area (Å²) in [6, 6.07) is 0.177. The van der Waals surface area contributed by atoms with Crippen molar-refractivity contribution in [3.8, 4) is 0 Å². The van der Waals surface area contributed by atoms with E-state index in [9.17, 15) is 0 Å². The maximum Gasteiger partial charge on any atom is 0.0504 e. The first-order valence-electron chi connectivity index (χ1n) is 8.72. The molecule has 3 atom stereocenters. The number of dihydropyridines is 1. The van der Waals surface area contributed by atoms with E-state index in [1.807, 2.05) is 43.4 Å². The van der Waals surface area contributed by atoms with Crippen LogP contribution in [0, 0.1) is 5.92 Å². The highest BCUT2D eigenvalue weighted by molar-refractivity contribution is 5.28. The van der Waals surface area contributed by atoms with Gasteiger partial charge >= 0.3 is 0 Å². The van der Waals surface area contributed by atoms with Crippen LogP contribution in [0.2, 0.25) is 0 Å². The molecule has 25 heavy (non-hydrogen) atoms. The van der Waals surface area contributed by atoms with E-state index in [-0.39, 0.29) is 6.04 Å². The Bertz CT molecular complexity index is 604. The molecule has 1 aliphatic rings. The average molecular weight is 344 g/mol. The van der Waals surface area contributed by atoms with Crippen LogP contribution in [0.5, 0.6) is 0 Å². The highest BCUT2D eigenvalue weighted by Gasteiger charge is 2.12. The fourth-order valence-electron chi connectivity index (χ4n) is 2.32. The number of hydrogen-bond donors (Lipinski definition) is 5. The zero-order valence-corrected chi connectivity index (χ0v) is 15.6. The van der Waals surface area contributed by atoms with Gasteiger partial charge in [-0.1, -0.05) is 43.4 Å². The van der Waals surface area contributed by atoms with Crippen LogP contribution in [0.15, 0.2) is 71.4 Å². The van der Waals surface area contributed by atoms with Gasteiger partial charge in [0.1, 0.15) is 0 Å². The van der Waals surface area contributed by atoms with Crippen LogP contribution in [0.3, 0.4) is 0 Å². The van der Waals surface area contributed by atoms with Gasteiger partial charge in [0.2, 0.25) is 0 Å². The smallest absolute Gasteiger partial charge is 0.0504 e. The van der Waals surface area contributed by atoms with Gasteiger partial charge in [0, 0.05) is 23.5 Å². The van der Waals surface area contributed by atoms with Crippen LogP contribution in [0.4, 0.5) is 0 Å². The molecular weight excluding hydrogens is 310 g/mol. The molecule has 0 aromatic rings. The summed E-state index contributed by atoms with van der Waals surface area (Å²) in [5, 5.41) is 3.35. The number of hydrogen-bond acceptors (Lipinski definition) is 5. The molecule has 5 nitrogen and oxygen atoms in total. The second-order valence-electron chi connectivity index (χ2n) is 6.61. The minimum atomic E-state index is -0.119. The largest absolute Gasteiger partial charge is 0.402 e. The lowest BCUT2D eigenvalue weighted by Crippen LogP contribution is -2.36. The van der Waals surface area contributed by atoms with Crippen molar-refractivity contribution in [2.75, 3.05) is 0 Å². The van der Waals surface area contributed by atoms with Crippen molar-refractivity contribution in [3.05, 3.63) is 71.4 Å². The Hall–Kier alpha value is -2.40. The van der Waals surface area contributed by atoms with Gasteiger partial charge in [0.25, 0.3) is 0 Å². The SMILES string of the molecule is C/C(N)=C/C=C\C(C)C/C=C(N)/C(N)=C/CC(N)C1=CC=CC(C)N1. The van der Waals surface area contributed by atoms with Gasteiger partial charge in [0.15, 0.2) is 0 Å². The molecule has 1 rings (SSSR count). The Kier molecular flexibility index (Phi) is 8.64. The zero-order chi connectivity index (χ0) is 18.8. The highest BCUT2D eigenvalue weighted by atomic mass is 15.0. The van der Waals surface area contributed by atoms with E-state index in [0.29, 0.717) is 29.8 Å². The van der Waals surface area contributed by atoms with E-state index in [0.717, 1.165) is 17.8 Å². The van der Waals surface area contributed by atoms with Gasteiger partial charge in [-0.25, -0.2) is 0 Å². The topological polar surface area (TPSA) is 116 Å². The Balaban J connectivity index is 2.54. The Morgan fingerprint density at radius 2 is 1.84 bits per heavy atom. The molecule has 0 amide bonds. The van der Waals surface area contributed by atoms with Crippen LogP contribution < -0.4 is 28.3 Å². The monoisotopic (exact) mass is 343 g/mol. The van der Waals surface area contributed by atoms with Crippen molar-refractivity contribution in [2.24, 2.45) is 28.9 Å². The quantitative estimate of drug-likeness (QED) is 0.434. The molecule has 0 spiro atoms. The molecule has 5 heteroatoms. The van der Waals surface area contributed by atoms with Gasteiger partial charge < -0.3 is 28.3 Å². The van der Waals surface area contributed by atoms with Crippen LogP contribution >= 0.6 is 0 Å². The fraction of sp³-hybridized carbons (Fsp3) is 0.400. The number of nitrogens with two attached hydrogens (primary N) is 4. The fourth-order valence-corrected chi connectivity index (χ4v) is 2.32. The number of allylic oxidation sites excluding steroid dienone is 7. The third-order valence-corrected chi connectivity index (χ3v) is 3.90. The first-order chi connectivity index (χ1) is 11.8. The molecule has 0 aromatic carbocycles. The zero-order valence-electron chi connectivity index (χ0n) is 15.6. The van der Waals surface area contributed by atoms with Crippen molar-refractivity contribution in [3.63, 3.8) is 0 Å². The molecule has 0 saturated heterocycles. The van der Waals surface area contributed by atoms with E-state index in [4.69, 9.17) is 22.9 Å². The second kappa shape index (κ2) is 10.5. The van der Waals surface area contributed by atoms with Crippen LogP contribution in [0.25, 0.3) is 0 Å². The number of nitrogens with one attached hydrogen (secondary N) is 1. The summed E-state index contributed by atoms with van der Waals surface area (Å²) in [6.07, 6.45) is 17.3. The first-order valence-corrected chi connectivity index (χ1v) is 8.72. The molecule has 0 aromatic heterocycles. The third kappa shape index (κ3) is 8.31. The standard InChI is InChI=1S/C20H33N5/c1-14(6-4-7-15(2)21)10-11-17(22)18(23)12-13-19(24)20-9-5-8-16(3)25-20/h4-9,11-12,14,16,19,25H,10,13,21-24H2,1-3H3/b6-4-,15-7-,17-11-,18-12-. The minimum absolute atomic E-state index is 0.119.